The van der Waals surface area contributed by atoms with Crippen LogP contribution in [-0.2, 0) is 0 Å². The van der Waals surface area contributed by atoms with Gasteiger partial charge in [0, 0.05) is 29.2 Å². The standard InChI is InChI=1S/C23H26ClN5/c1-5-18(23(28-25)19-12-16(24)9-8-15(19)4)20-10-11-21-22(27-20)13-17(14-26-21)29(6-2)7-3/h5,8-14H,6-7,25H2,1-4H3/b18-5-,28-23+. The maximum absolute atomic E-state index is 6.22. The lowest BCUT2D eigenvalue weighted by Gasteiger charge is -2.20. The molecule has 0 amide bonds. The number of allylic oxidation sites excluding steroid dienone is 2. The van der Waals surface area contributed by atoms with E-state index in [1.807, 2.05) is 56.5 Å². The SMILES string of the molecule is C/C=C(\C(=N/N)c1cc(Cl)ccc1C)c1ccc2ncc(N(CC)CC)cc2n1. The molecule has 0 atom stereocenters. The molecule has 0 spiro atoms. The van der Waals surface area contributed by atoms with Crippen LogP contribution >= 0.6 is 11.6 Å². The summed E-state index contributed by atoms with van der Waals surface area (Å²) in [6, 6.07) is 11.7. The molecule has 150 valence electrons. The molecule has 5 nitrogen and oxygen atoms in total. The molecule has 6 heteroatoms. The largest absolute Gasteiger partial charge is 0.371 e. The lowest BCUT2D eigenvalue weighted by molar-refractivity contribution is 0.864. The Bertz CT molecular complexity index is 1080. The molecule has 0 aliphatic heterocycles. The molecule has 2 heterocycles. The Kier molecular flexibility index (Phi) is 6.49. The number of fused-ring (bicyclic) bond motifs is 1. The van der Waals surface area contributed by atoms with E-state index >= 15 is 0 Å². The summed E-state index contributed by atoms with van der Waals surface area (Å²) in [6.07, 6.45) is 3.87. The van der Waals surface area contributed by atoms with E-state index in [0.717, 1.165) is 52.2 Å². The van der Waals surface area contributed by atoms with Crippen LogP contribution in [0.2, 0.25) is 5.02 Å². The lowest BCUT2D eigenvalue weighted by Crippen LogP contribution is -2.21. The number of hydrazone groups is 1. The second-order valence-electron chi connectivity index (χ2n) is 6.74. The zero-order valence-corrected chi connectivity index (χ0v) is 18.0. The van der Waals surface area contributed by atoms with Crippen LogP contribution in [0.25, 0.3) is 16.6 Å². The van der Waals surface area contributed by atoms with Crippen molar-refractivity contribution >= 4 is 39.6 Å². The third-order valence-corrected chi connectivity index (χ3v) is 5.29. The third-order valence-electron chi connectivity index (χ3n) is 5.06. The van der Waals surface area contributed by atoms with Gasteiger partial charge in [-0.15, -0.1) is 0 Å². The van der Waals surface area contributed by atoms with E-state index in [-0.39, 0.29) is 0 Å². The Balaban J connectivity index is 2.10. The van der Waals surface area contributed by atoms with Gasteiger partial charge < -0.3 is 10.7 Å². The quantitative estimate of drug-likeness (QED) is 0.346. The van der Waals surface area contributed by atoms with Crippen molar-refractivity contribution in [2.75, 3.05) is 18.0 Å². The number of rotatable bonds is 6. The van der Waals surface area contributed by atoms with E-state index in [4.69, 9.17) is 22.4 Å². The molecule has 0 saturated carbocycles. The average Bonchev–Trinajstić information content (AvgIpc) is 2.74. The second kappa shape index (κ2) is 9.05. The van der Waals surface area contributed by atoms with Crippen LogP contribution in [0, 0.1) is 6.92 Å². The van der Waals surface area contributed by atoms with Crippen LogP contribution < -0.4 is 10.7 Å². The van der Waals surface area contributed by atoms with Gasteiger partial charge in [0.2, 0.25) is 0 Å². The number of benzene rings is 1. The molecule has 2 aromatic heterocycles. The number of nitrogens with two attached hydrogens (primary N) is 1. The van der Waals surface area contributed by atoms with E-state index in [9.17, 15) is 0 Å². The van der Waals surface area contributed by atoms with Crippen LogP contribution in [-0.4, -0.2) is 28.8 Å². The molecule has 0 bridgehead atoms. The van der Waals surface area contributed by atoms with E-state index in [2.05, 4.69) is 34.9 Å². The molecular formula is C23H26ClN5. The zero-order valence-electron chi connectivity index (χ0n) is 17.3. The van der Waals surface area contributed by atoms with E-state index in [1.54, 1.807) is 0 Å². The van der Waals surface area contributed by atoms with Gasteiger partial charge in [-0.2, -0.15) is 5.10 Å². The van der Waals surface area contributed by atoms with Gasteiger partial charge in [0.1, 0.15) is 0 Å². The van der Waals surface area contributed by atoms with Crippen molar-refractivity contribution in [1.29, 1.82) is 0 Å². The highest BCUT2D eigenvalue weighted by molar-refractivity contribution is 6.34. The van der Waals surface area contributed by atoms with Gasteiger partial charge in [-0.05, 0) is 63.6 Å². The number of pyridine rings is 2. The first-order valence-electron chi connectivity index (χ1n) is 9.75. The predicted octanol–water partition coefficient (Wildman–Crippen LogP) is 5.20. The fourth-order valence-corrected chi connectivity index (χ4v) is 3.62. The van der Waals surface area contributed by atoms with Gasteiger partial charge in [0.05, 0.1) is 34.3 Å². The number of nitrogens with zero attached hydrogens (tertiary/aromatic N) is 4. The summed E-state index contributed by atoms with van der Waals surface area (Å²) in [5, 5.41) is 4.73. The summed E-state index contributed by atoms with van der Waals surface area (Å²) in [6.45, 7) is 10.1. The number of hydrogen-bond acceptors (Lipinski definition) is 5. The minimum Gasteiger partial charge on any atom is -0.371 e. The van der Waals surface area contributed by atoms with Gasteiger partial charge >= 0.3 is 0 Å². The first kappa shape index (κ1) is 20.8. The Hall–Kier alpha value is -2.92. The third kappa shape index (κ3) is 4.25. The minimum absolute atomic E-state index is 0.640. The monoisotopic (exact) mass is 407 g/mol. The van der Waals surface area contributed by atoms with Crippen molar-refractivity contribution in [1.82, 2.24) is 9.97 Å². The van der Waals surface area contributed by atoms with Crippen molar-refractivity contribution in [3.05, 3.63) is 70.5 Å². The Labute approximate surface area is 176 Å². The van der Waals surface area contributed by atoms with Gasteiger partial charge in [0.25, 0.3) is 0 Å². The number of aryl methyl sites for hydroxylation is 1. The van der Waals surface area contributed by atoms with E-state index in [1.165, 1.54) is 0 Å². The van der Waals surface area contributed by atoms with Crippen molar-refractivity contribution < 1.29 is 0 Å². The van der Waals surface area contributed by atoms with E-state index in [0.29, 0.717) is 10.7 Å². The first-order chi connectivity index (χ1) is 14.0. The molecule has 3 aromatic rings. The van der Waals surface area contributed by atoms with Gasteiger partial charge in [-0.3, -0.25) is 4.98 Å². The van der Waals surface area contributed by atoms with Crippen LogP contribution in [0.4, 0.5) is 5.69 Å². The summed E-state index contributed by atoms with van der Waals surface area (Å²) in [4.78, 5) is 11.7. The second-order valence-corrected chi connectivity index (χ2v) is 7.18. The summed E-state index contributed by atoms with van der Waals surface area (Å²) in [5.41, 5.74) is 7.00. The molecule has 29 heavy (non-hydrogen) atoms. The maximum Gasteiger partial charge on any atom is 0.0992 e. The van der Waals surface area contributed by atoms with Crippen LogP contribution in [0.15, 0.2) is 53.8 Å². The maximum atomic E-state index is 6.22. The van der Waals surface area contributed by atoms with Crippen molar-refractivity contribution in [2.45, 2.75) is 27.7 Å². The van der Waals surface area contributed by atoms with Gasteiger partial charge in [-0.1, -0.05) is 23.7 Å². The van der Waals surface area contributed by atoms with Crippen molar-refractivity contribution in [2.24, 2.45) is 10.9 Å². The fourth-order valence-electron chi connectivity index (χ4n) is 3.45. The molecule has 0 unspecified atom stereocenters. The van der Waals surface area contributed by atoms with Crippen LogP contribution in [0.5, 0.6) is 0 Å². The lowest BCUT2D eigenvalue weighted by atomic mass is 9.95. The molecule has 1 aromatic carbocycles. The highest BCUT2D eigenvalue weighted by atomic mass is 35.5. The Morgan fingerprint density at radius 2 is 1.90 bits per heavy atom. The van der Waals surface area contributed by atoms with Crippen LogP contribution in [0.1, 0.15) is 37.6 Å². The summed E-state index contributed by atoms with van der Waals surface area (Å²) in [7, 11) is 0. The number of aromatic nitrogens is 2. The fraction of sp³-hybridized carbons (Fsp3) is 0.261. The molecule has 3 rings (SSSR count). The van der Waals surface area contributed by atoms with Crippen LogP contribution in [0.3, 0.4) is 0 Å². The molecule has 0 radical (unpaired) electrons. The normalized spacial score (nSPS) is 12.4. The molecule has 2 N–H and O–H groups in total. The minimum atomic E-state index is 0.640. The van der Waals surface area contributed by atoms with Crippen molar-refractivity contribution in [3.63, 3.8) is 0 Å². The smallest absolute Gasteiger partial charge is 0.0992 e. The highest BCUT2D eigenvalue weighted by Gasteiger charge is 2.16. The topological polar surface area (TPSA) is 67.4 Å². The average molecular weight is 408 g/mol. The summed E-state index contributed by atoms with van der Waals surface area (Å²) < 4.78 is 0. The zero-order chi connectivity index (χ0) is 21.0. The van der Waals surface area contributed by atoms with Gasteiger partial charge in [-0.25, -0.2) is 4.98 Å². The highest BCUT2D eigenvalue weighted by Crippen LogP contribution is 2.26. The predicted molar refractivity (Wildman–Crippen MR) is 124 cm³/mol. The molecule has 0 fully saturated rings. The Morgan fingerprint density at radius 1 is 1.14 bits per heavy atom. The summed E-state index contributed by atoms with van der Waals surface area (Å²) in [5.74, 6) is 5.81. The first-order valence-corrected chi connectivity index (χ1v) is 10.1. The summed E-state index contributed by atoms with van der Waals surface area (Å²) >= 11 is 6.22. The van der Waals surface area contributed by atoms with E-state index < -0.39 is 0 Å². The molecule has 0 saturated heterocycles. The molecular weight excluding hydrogens is 382 g/mol. The number of anilines is 1. The molecule has 0 aliphatic rings. The number of halogens is 1. The van der Waals surface area contributed by atoms with Crippen molar-refractivity contribution in [3.8, 4) is 0 Å². The Morgan fingerprint density at radius 3 is 2.55 bits per heavy atom. The van der Waals surface area contributed by atoms with Gasteiger partial charge in [0.15, 0.2) is 0 Å². The number of hydrogen-bond donors (Lipinski definition) is 1. The molecule has 0 aliphatic carbocycles.